The van der Waals surface area contributed by atoms with Crippen LogP contribution in [0.3, 0.4) is 0 Å². The zero-order chi connectivity index (χ0) is 19.4. The van der Waals surface area contributed by atoms with E-state index in [4.69, 9.17) is 16.3 Å². The molecule has 0 spiro atoms. The Hall–Kier alpha value is -2.85. The van der Waals surface area contributed by atoms with E-state index in [9.17, 15) is 9.59 Å². The molecule has 5 heteroatoms. The SMILES string of the molecule is COc1cn(C(C=O)Cc2ccccc2)c(=O)cc1-c1cc(Cl)ccc1C. The molecule has 0 saturated carbocycles. The van der Waals surface area contributed by atoms with Crippen LogP contribution in [-0.4, -0.2) is 18.0 Å². The van der Waals surface area contributed by atoms with Crippen LogP contribution in [0.2, 0.25) is 5.02 Å². The van der Waals surface area contributed by atoms with Crippen molar-refractivity contribution >= 4 is 17.9 Å². The average Bonchev–Trinajstić information content (AvgIpc) is 2.69. The zero-order valence-electron chi connectivity index (χ0n) is 15.2. The van der Waals surface area contributed by atoms with Crippen LogP contribution in [0.25, 0.3) is 11.1 Å². The molecule has 0 aliphatic rings. The fraction of sp³-hybridized carbons (Fsp3) is 0.182. The quantitative estimate of drug-likeness (QED) is 0.592. The van der Waals surface area contributed by atoms with Crippen LogP contribution >= 0.6 is 11.6 Å². The molecule has 0 bridgehead atoms. The van der Waals surface area contributed by atoms with Crippen LogP contribution in [0.5, 0.6) is 5.75 Å². The lowest BCUT2D eigenvalue weighted by atomic mass is 10.0. The standard InChI is InChI=1S/C22H20ClNO3/c1-15-8-9-17(23)11-19(15)20-12-22(26)24(13-21(20)27-2)18(14-25)10-16-6-4-3-5-7-16/h3-9,11-14,18H,10H2,1-2H3. The molecule has 0 aliphatic carbocycles. The molecule has 1 atom stereocenters. The Bertz CT molecular complexity index is 1010. The number of nitrogens with zero attached hydrogens (tertiary/aromatic N) is 1. The molecule has 27 heavy (non-hydrogen) atoms. The summed E-state index contributed by atoms with van der Waals surface area (Å²) in [5, 5.41) is 0.580. The number of aryl methyl sites for hydroxylation is 1. The van der Waals surface area contributed by atoms with E-state index in [2.05, 4.69) is 0 Å². The summed E-state index contributed by atoms with van der Waals surface area (Å²) in [5.41, 5.74) is 3.18. The third-order valence-corrected chi connectivity index (χ3v) is 4.79. The maximum atomic E-state index is 12.8. The summed E-state index contributed by atoms with van der Waals surface area (Å²) in [6.45, 7) is 1.94. The third kappa shape index (κ3) is 4.12. The van der Waals surface area contributed by atoms with Gasteiger partial charge in [-0.05, 0) is 35.7 Å². The van der Waals surface area contributed by atoms with Gasteiger partial charge in [-0.2, -0.15) is 0 Å². The van der Waals surface area contributed by atoms with Crippen LogP contribution in [0.15, 0.2) is 65.6 Å². The van der Waals surface area contributed by atoms with E-state index >= 15 is 0 Å². The maximum Gasteiger partial charge on any atom is 0.252 e. The predicted octanol–water partition coefficient (Wildman–Crippen LogP) is 4.47. The molecule has 4 nitrogen and oxygen atoms in total. The van der Waals surface area contributed by atoms with Crippen molar-refractivity contribution in [1.29, 1.82) is 0 Å². The van der Waals surface area contributed by atoms with Gasteiger partial charge in [0.1, 0.15) is 12.0 Å². The van der Waals surface area contributed by atoms with E-state index in [1.54, 1.807) is 25.4 Å². The third-order valence-electron chi connectivity index (χ3n) is 4.56. The van der Waals surface area contributed by atoms with Gasteiger partial charge in [-0.3, -0.25) is 4.79 Å². The Morgan fingerprint density at radius 1 is 1.11 bits per heavy atom. The van der Waals surface area contributed by atoms with Crippen molar-refractivity contribution in [3.8, 4) is 16.9 Å². The molecule has 0 N–H and O–H groups in total. The van der Waals surface area contributed by atoms with Gasteiger partial charge in [-0.25, -0.2) is 0 Å². The van der Waals surface area contributed by atoms with Crippen molar-refractivity contribution in [3.05, 3.63) is 87.3 Å². The molecule has 0 radical (unpaired) electrons. The van der Waals surface area contributed by atoms with Gasteiger partial charge in [0.25, 0.3) is 5.56 Å². The predicted molar refractivity (Wildman–Crippen MR) is 108 cm³/mol. The molecule has 0 saturated heterocycles. The lowest BCUT2D eigenvalue weighted by Gasteiger charge is -2.18. The number of halogens is 1. The van der Waals surface area contributed by atoms with Crippen LogP contribution < -0.4 is 10.3 Å². The van der Waals surface area contributed by atoms with Gasteiger partial charge in [0.05, 0.1) is 19.3 Å². The first-order valence-electron chi connectivity index (χ1n) is 8.59. The number of aromatic nitrogens is 1. The van der Waals surface area contributed by atoms with E-state index in [-0.39, 0.29) is 5.56 Å². The molecule has 0 fully saturated rings. The minimum absolute atomic E-state index is 0.266. The van der Waals surface area contributed by atoms with E-state index in [1.165, 1.54) is 10.6 Å². The second-order valence-electron chi connectivity index (χ2n) is 6.35. The van der Waals surface area contributed by atoms with Crippen molar-refractivity contribution in [1.82, 2.24) is 4.57 Å². The van der Waals surface area contributed by atoms with Crippen molar-refractivity contribution in [2.45, 2.75) is 19.4 Å². The average molecular weight is 382 g/mol. The number of rotatable bonds is 6. The minimum Gasteiger partial charge on any atom is -0.495 e. The van der Waals surface area contributed by atoms with Gasteiger partial charge in [0.2, 0.25) is 0 Å². The molecule has 3 rings (SSSR count). The number of hydrogen-bond donors (Lipinski definition) is 0. The Morgan fingerprint density at radius 2 is 1.85 bits per heavy atom. The lowest BCUT2D eigenvalue weighted by molar-refractivity contribution is -0.110. The highest BCUT2D eigenvalue weighted by Gasteiger charge is 2.17. The molecule has 1 unspecified atom stereocenters. The largest absolute Gasteiger partial charge is 0.495 e. The second kappa shape index (κ2) is 8.23. The van der Waals surface area contributed by atoms with E-state index < -0.39 is 6.04 Å². The second-order valence-corrected chi connectivity index (χ2v) is 6.79. The smallest absolute Gasteiger partial charge is 0.252 e. The van der Waals surface area contributed by atoms with E-state index in [0.717, 1.165) is 23.0 Å². The summed E-state index contributed by atoms with van der Waals surface area (Å²) in [5.74, 6) is 0.514. The molecule has 138 valence electrons. The monoisotopic (exact) mass is 381 g/mol. The number of methoxy groups -OCH3 is 1. The highest BCUT2D eigenvalue weighted by molar-refractivity contribution is 6.30. The molecule has 1 heterocycles. The van der Waals surface area contributed by atoms with Gasteiger partial charge in [-0.15, -0.1) is 0 Å². The van der Waals surface area contributed by atoms with E-state index in [1.807, 2.05) is 43.3 Å². The summed E-state index contributed by atoms with van der Waals surface area (Å²) in [6, 6.07) is 16.0. The number of carbonyl (C=O) groups is 1. The molecule has 0 amide bonds. The number of aldehydes is 1. The topological polar surface area (TPSA) is 48.3 Å². The van der Waals surface area contributed by atoms with Crippen LogP contribution in [0.4, 0.5) is 0 Å². The summed E-state index contributed by atoms with van der Waals surface area (Å²) in [6.07, 6.45) is 2.82. The van der Waals surface area contributed by atoms with Gasteiger partial charge in [0, 0.05) is 23.1 Å². The van der Waals surface area contributed by atoms with Gasteiger partial charge in [-0.1, -0.05) is 48.0 Å². The first-order chi connectivity index (χ1) is 13.0. The van der Waals surface area contributed by atoms with Gasteiger partial charge < -0.3 is 14.1 Å². The Morgan fingerprint density at radius 3 is 2.52 bits per heavy atom. The summed E-state index contributed by atoms with van der Waals surface area (Å²) >= 11 is 6.13. The molecule has 1 aromatic heterocycles. The highest BCUT2D eigenvalue weighted by atomic mass is 35.5. The summed E-state index contributed by atoms with van der Waals surface area (Å²) in [4.78, 5) is 24.5. The molecule has 2 aromatic carbocycles. The fourth-order valence-corrected chi connectivity index (χ4v) is 3.29. The van der Waals surface area contributed by atoms with Crippen LogP contribution in [0.1, 0.15) is 17.2 Å². The molecule has 0 aliphatic heterocycles. The summed E-state index contributed by atoms with van der Waals surface area (Å²) in [7, 11) is 1.54. The number of benzene rings is 2. The highest BCUT2D eigenvalue weighted by Crippen LogP contribution is 2.33. The summed E-state index contributed by atoms with van der Waals surface area (Å²) < 4.78 is 6.94. The number of carbonyl (C=O) groups excluding carboxylic acids is 1. The first kappa shape index (κ1) is 18.9. The van der Waals surface area contributed by atoms with Gasteiger partial charge >= 0.3 is 0 Å². The minimum atomic E-state index is -0.608. The number of pyridine rings is 1. The molecule has 3 aromatic rings. The van der Waals surface area contributed by atoms with Crippen molar-refractivity contribution in [3.63, 3.8) is 0 Å². The number of ether oxygens (including phenoxy) is 1. The maximum absolute atomic E-state index is 12.8. The van der Waals surface area contributed by atoms with Crippen LogP contribution in [-0.2, 0) is 11.2 Å². The number of hydrogen-bond acceptors (Lipinski definition) is 3. The van der Waals surface area contributed by atoms with Crippen molar-refractivity contribution < 1.29 is 9.53 Å². The Balaban J connectivity index is 2.07. The lowest BCUT2D eigenvalue weighted by Crippen LogP contribution is -2.26. The fourth-order valence-electron chi connectivity index (χ4n) is 3.11. The molecular formula is C22H20ClNO3. The van der Waals surface area contributed by atoms with Crippen molar-refractivity contribution in [2.24, 2.45) is 0 Å². The van der Waals surface area contributed by atoms with E-state index in [0.29, 0.717) is 22.8 Å². The zero-order valence-corrected chi connectivity index (χ0v) is 15.9. The van der Waals surface area contributed by atoms with Gasteiger partial charge in [0.15, 0.2) is 0 Å². The normalized spacial score (nSPS) is 11.8. The Labute approximate surface area is 163 Å². The Kier molecular flexibility index (Phi) is 5.77. The molecular weight excluding hydrogens is 362 g/mol. The first-order valence-corrected chi connectivity index (χ1v) is 8.97. The van der Waals surface area contributed by atoms with Crippen molar-refractivity contribution in [2.75, 3.05) is 7.11 Å². The van der Waals surface area contributed by atoms with Crippen LogP contribution in [0, 0.1) is 6.92 Å².